The molecule has 0 fully saturated rings. The zero-order valence-electron chi connectivity index (χ0n) is 8.33. The Balaban J connectivity index is 2.98. The number of benzene rings is 1. The van der Waals surface area contributed by atoms with Crippen LogP contribution in [0, 0.1) is 0 Å². The molecule has 66 valence electrons. The molecular formula is C10H17GeN. The van der Waals surface area contributed by atoms with E-state index in [0.29, 0.717) is 0 Å². The predicted octanol–water partition coefficient (Wildman–Crippen LogP) is 1.66. The van der Waals surface area contributed by atoms with Crippen LogP contribution in [0.1, 0.15) is 0 Å². The normalized spacial score (nSPS) is 12.1. The summed E-state index contributed by atoms with van der Waals surface area (Å²) in [5.41, 5.74) is 0. The summed E-state index contributed by atoms with van der Waals surface area (Å²) in [7, 11) is 4.38. The Hall–Kier alpha value is -0.277. The minimum absolute atomic E-state index is 1.54. The van der Waals surface area contributed by atoms with E-state index < -0.39 is 13.5 Å². The van der Waals surface area contributed by atoms with E-state index in [-0.39, 0.29) is 0 Å². The minimum atomic E-state index is -1.83. The maximum absolute atomic E-state index is 2.41. The summed E-state index contributed by atoms with van der Waals surface area (Å²) in [5, 5.41) is 0. The zero-order valence-corrected chi connectivity index (χ0v) is 10.4. The van der Waals surface area contributed by atoms with Crippen molar-refractivity contribution in [3.8, 4) is 0 Å². The van der Waals surface area contributed by atoms with Crippen molar-refractivity contribution in [2.45, 2.75) is 11.5 Å². The van der Waals surface area contributed by atoms with Crippen LogP contribution in [0.25, 0.3) is 0 Å². The average molecular weight is 224 g/mol. The number of hydrogen-bond acceptors (Lipinski definition) is 1. The molecule has 12 heavy (non-hydrogen) atoms. The second kappa shape index (κ2) is 3.62. The summed E-state index contributed by atoms with van der Waals surface area (Å²) < 4.78 is 3.96. The van der Waals surface area contributed by atoms with Crippen molar-refractivity contribution in [2.75, 3.05) is 14.1 Å². The van der Waals surface area contributed by atoms with Crippen molar-refractivity contribution < 1.29 is 0 Å². The molecule has 0 aromatic heterocycles. The Kier molecular flexibility index (Phi) is 2.96. The Labute approximate surface area is 78.0 Å². The second-order valence-corrected chi connectivity index (χ2v) is 13.4. The van der Waals surface area contributed by atoms with E-state index in [2.05, 4.69) is 59.8 Å². The van der Waals surface area contributed by atoms with Crippen LogP contribution in [0.15, 0.2) is 30.3 Å². The maximum atomic E-state index is 2.41. The summed E-state index contributed by atoms with van der Waals surface area (Å²) in [5.74, 6) is 4.82. The standard InChI is InChI=1S/C10H17GeN/c1-11(2,12(3)4)10-8-6-5-7-9-10/h5-9H,1-4H3. The van der Waals surface area contributed by atoms with Crippen molar-refractivity contribution in [1.29, 1.82) is 0 Å². The Morgan fingerprint density at radius 1 is 1.00 bits per heavy atom. The van der Waals surface area contributed by atoms with E-state index in [0.717, 1.165) is 0 Å². The Bertz CT molecular complexity index is 241. The number of rotatable bonds is 2. The van der Waals surface area contributed by atoms with Gasteiger partial charge in [-0.15, -0.1) is 0 Å². The van der Waals surface area contributed by atoms with Gasteiger partial charge in [-0.3, -0.25) is 0 Å². The third-order valence-corrected chi connectivity index (χ3v) is 11.0. The van der Waals surface area contributed by atoms with E-state index in [1.807, 2.05) is 0 Å². The van der Waals surface area contributed by atoms with Gasteiger partial charge in [-0.2, -0.15) is 0 Å². The molecule has 0 unspecified atom stereocenters. The van der Waals surface area contributed by atoms with Crippen molar-refractivity contribution in [3.63, 3.8) is 0 Å². The quantitative estimate of drug-likeness (QED) is 0.690. The van der Waals surface area contributed by atoms with Crippen molar-refractivity contribution in [1.82, 2.24) is 3.86 Å². The van der Waals surface area contributed by atoms with Gasteiger partial charge in [-0.1, -0.05) is 0 Å². The molecule has 1 aromatic rings. The zero-order chi connectivity index (χ0) is 9.19. The van der Waals surface area contributed by atoms with Gasteiger partial charge in [0.25, 0.3) is 0 Å². The second-order valence-electron chi connectivity index (χ2n) is 3.82. The van der Waals surface area contributed by atoms with E-state index >= 15 is 0 Å². The van der Waals surface area contributed by atoms with Gasteiger partial charge in [0, 0.05) is 0 Å². The molecule has 0 atom stereocenters. The molecular weight excluding hydrogens is 207 g/mol. The van der Waals surface area contributed by atoms with E-state index in [1.54, 1.807) is 4.40 Å². The number of nitrogens with zero attached hydrogens (tertiary/aromatic N) is 1. The van der Waals surface area contributed by atoms with E-state index in [9.17, 15) is 0 Å². The van der Waals surface area contributed by atoms with Crippen molar-refractivity contribution >= 4 is 17.9 Å². The number of hydrogen-bond donors (Lipinski definition) is 0. The third kappa shape index (κ3) is 1.90. The molecule has 0 bridgehead atoms. The molecule has 0 saturated heterocycles. The van der Waals surface area contributed by atoms with Crippen LogP contribution >= 0.6 is 0 Å². The first-order valence-electron chi connectivity index (χ1n) is 4.28. The summed E-state index contributed by atoms with van der Waals surface area (Å²) in [4.78, 5) is 0. The molecule has 0 N–H and O–H groups in total. The fourth-order valence-corrected chi connectivity index (χ4v) is 4.30. The third-order valence-electron chi connectivity index (χ3n) is 2.60. The van der Waals surface area contributed by atoms with Crippen LogP contribution in [0.2, 0.25) is 11.5 Å². The molecule has 0 aliphatic heterocycles. The molecule has 1 rings (SSSR count). The molecule has 0 spiro atoms. The molecule has 1 aromatic carbocycles. The van der Waals surface area contributed by atoms with Gasteiger partial charge in [-0.05, 0) is 0 Å². The van der Waals surface area contributed by atoms with Gasteiger partial charge < -0.3 is 0 Å². The van der Waals surface area contributed by atoms with Crippen LogP contribution < -0.4 is 4.40 Å². The molecule has 0 radical (unpaired) electrons. The predicted molar refractivity (Wildman–Crippen MR) is 57.2 cm³/mol. The first-order valence-corrected chi connectivity index (χ1v) is 10.5. The van der Waals surface area contributed by atoms with Crippen molar-refractivity contribution in [2.24, 2.45) is 0 Å². The van der Waals surface area contributed by atoms with Gasteiger partial charge in [0.1, 0.15) is 0 Å². The molecule has 0 heterocycles. The molecule has 0 amide bonds. The Morgan fingerprint density at radius 2 is 1.50 bits per heavy atom. The molecule has 0 aliphatic rings. The van der Waals surface area contributed by atoms with Gasteiger partial charge >= 0.3 is 77.7 Å². The summed E-state index contributed by atoms with van der Waals surface area (Å²) in [6.07, 6.45) is 0. The van der Waals surface area contributed by atoms with E-state index in [1.165, 1.54) is 0 Å². The van der Waals surface area contributed by atoms with Gasteiger partial charge in [-0.25, -0.2) is 0 Å². The van der Waals surface area contributed by atoms with Crippen LogP contribution in [-0.4, -0.2) is 31.4 Å². The van der Waals surface area contributed by atoms with Gasteiger partial charge in [0.2, 0.25) is 0 Å². The first kappa shape index (κ1) is 9.81. The Morgan fingerprint density at radius 3 is 1.92 bits per heavy atom. The van der Waals surface area contributed by atoms with Crippen LogP contribution in [0.4, 0.5) is 0 Å². The van der Waals surface area contributed by atoms with Crippen LogP contribution in [0.3, 0.4) is 0 Å². The summed E-state index contributed by atoms with van der Waals surface area (Å²) in [6, 6.07) is 10.8. The summed E-state index contributed by atoms with van der Waals surface area (Å²) >= 11 is -1.83. The molecule has 0 saturated carbocycles. The molecule has 1 nitrogen and oxygen atoms in total. The fraction of sp³-hybridized carbons (Fsp3) is 0.400. The topological polar surface area (TPSA) is 3.24 Å². The first-order chi connectivity index (χ1) is 5.55. The van der Waals surface area contributed by atoms with Gasteiger partial charge in [0.15, 0.2) is 0 Å². The molecule has 0 aliphatic carbocycles. The summed E-state index contributed by atoms with van der Waals surface area (Å²) in [6.45, 7) is 0. The average Bonchev–Trinajstić information content (AvgIpc) is 2.06. The van der Waals surface area contributed by atoms with Crippen LogP contribution in [-0.2, 0) is 0 Å². The van der Waals surface area contributed by atoms with Gasteiger partial charge in [0.05, 0.1) is 0 Å². The monoisotopic (exact) mass is 225 g/mol. The fourth-order valence-electron chi connectivity index (χ4n) is 1.10. The van der Waals surface area contributed by atoms with Crippen molar-refractivity contribution in [3.05, 3.63) is 30.3 Å². The van der Waals surface area contributed by atoms with E-state index in [4.69, 9.17) is 0 Å². The van der Waals surface area contributed by atoms with Crippen LogP contribution in [0.5, 0.6) is 0 Å². The SMILES string of the molecule is C[N](C)[Ge]([CH3])([CH3])[c]1ccccc1. The molecule has 2 heteroatoms.